The van der Waals surface area contributed by atoms with Gasteiger partial charge in [0.2, 0.25) is 0 Å². The number of halogens is 1. The normalized spacial score (nSPS) is 24.8. The average Bonchev–Trinajstić information content (AvgIpc) is 2.62. The molecule has 1 aliphatic heterocycles. The lowest BCUT2D eigenvalue weighted by molar-refractivity contribution is -0.119. The van der Waals surface area contributed by atoms with Gasteiger partial charge in [0.05, 0.1) is 6.10 Å². The molecule has 2 aromatic carbocycles. The van der Waals surface area contributed by atoms with Crippen LogP contribution in [0.4, 0.5) is 4.79 Å². The Hall–Kier alpha value is -1.60. The van der Waals surface area contributed by atoms with Gasteiger partial charge in [-0.25, -0.2) is 4.79 Å². The summed E-state index contributed by atoms with van der Waals surface area (Å²) in [7, 11) is 0. The molecule has 0 saturated carbocycles. The van der Waals surface area contributed by atoms with Gasteiger partial charge in [-0.2, -0.15) is 0 Å². The van der Waals surface area contributed by atoms with Gasteiger partial charge in [-0.05, 0) is 11.1 Å². The van der Waals surface area contributed by atoms with E-state index in [1.165, 1.54) is 0 Å². The molecule has 126 valence electrons. The van der Waals surface area contributed by atoms with Gasteiger partial charge < -0.3 is 14.6 Å². The SMILES string of the molecule is O=C1O[C@@H](c2ccccc2)CC(CI)(C[C@@H](O)c2ccccc2)O1. The fraction of sp³-hybridized carbons (Fsp3) is 0.316. The summed E-state index contributed by atoms with van der Waals surface area (Å²) in [6.45, 7) is 0. The minimum absolute atomic E-state index is 0.346. The smallest absolute Gasteiger partial charge is 0.427 e. The first-order chi connectivity index (χ1) is 11.6. The highest BCUT2D eigenvalue weighted by Gasteiger charge is 2.44. The molecule has 2 aromatic rings. The van der Waals surface area contributed by atoms with Crippen molar-refractivity contribution in [2.24, 2.45) is 0 Å². The number of rotatable bonds is 5. The topological polar surface area (TPSA) is 55.8 Å². The maximum atomic E-state index is 12.0. The number of hydrogen-bond acceptors (Lipinski definition) is 4. The molecule has 5 heteroatoms. The first kappa shape index (κ1) is 17.2. The zero-order valence-corrected chi connectivity index (χ0v) is 15.3. The molecule has 4 nitrogen and oxygen atoms in total. The maximum Gasteiger partial charge on any atom is 0.509 e. The summed E-state index contributed by atoms with van der Waals surface area (Å²) in [6, 6.07) is 19.1. The first-order valence-electron chi connectivity index (χ1n) is 7.85. The maximum absolute atomic E-state index is 12.0. The minimum Gasteiger partial charge on any atom is -0.427 e. The number of hydrogen-bond donors (Lipinski definition) is 1. The average molecular weight is 438 g/mol. The Morgan fingerprint density at radius 1 is 1.12 bits per heavy atom. The highest BCUT2D eigenvalue weighted by Crippen LogP contribution is 2.41. The van der Waals surface area contributed by atoms with Crippen LogP contribution in [0.25, 0.3) is 0 Å². The third kappa shape index (κ3) is 3.89. The quantitative estimate of drug-likeness (QED) is 0.422. The van der Waals surface area contributed by atoms with Crippen molar-refractivity contribution in [1.29, 1.82) is 0 Å². The third-order valence-corrected chi connectivity index (χ3v) is 5.65. The van der Waals surface area contributed by atoms with Gasteiger partial charge in [0.15, 0.2) is 0 Å². The van der Waals surface area contributed by atoms with Gasteiger partial charge in [-0.3, -0.25) is 0 Å². The lowest BCUT2D eigenvalue weighted by atomic mass is 9.86. The molecule has 0 aromatic heterocycles. The third-order valence-electron chi connectivity index (χ3n) is 4.26. The Morgan fingerprint density at radius 3 is 2.38 bits per heavy atom. The van der Waals surface area contributed by atoms with Crippen LogP contribution in [-0.2, 0) is 9.47 Å². The zero-order chi connectivity index (χ0) is 17.0. The molecule has 3 rings (SSSR count). The van der Waals surface area contributed by atoms with Crippen LogP contribution in [0.5, 0.6) is 0 Å². The second kappa shape index (κ2) is 7.53. The van der Waals surface area contributed by atoms with Gasteiger partial charge >= 0.3 is 6.16 Å². The number of ether oxygens (including phenoxy) is 2. The molecule has 1 unspecified atom stereocenters. The lowest BCUT2D eigenvalue weighted by Gasteiger charge is -2.40. The molecule has 0 amide bonds. The van der Waals surface area contributed by atoms with Gasteiger partial charge in [0.25, 0.3) is 0 Å². The molecule has 0 bridgehead atoms. The number of alkyl halides is 1. The second-order valence-electron chi connectivity index (χ2n) is 6.02. The summed E-state index contributed by atoms with van der Waals surface area (Å²) in [5, 5.41) is 10.6. The van der Waals surface area contributed by atoms with E-state index in [2.05, 4.69) is 22.6 Å². The molecule has 3 atom stereocenters. The van der Waals surface area contributed by atoms with Crippen molar-refractivity contribution in [2.45, 2.75) is 30.7 Å². The van der Waals surface area contributed by atoms with E-state index in [-0.39, 0.29) is 6.10 Å². The van der Waals surface area contributed by atoms with Gasteiger partial charge in [-0.1, -0.05) is 83.3 Å². The Morgan fingerprint density at radius 2 is 1.75 bits per heavy atom. The van der Waals surface area contributed by atoms with Crippen molar-refractivity contribution in [3.63, 3.8) is 0 Å². The van der Waals surface area contributed by atoms with E-state index in [9.17, 15) is 9.90 Å². The molecule has 1 saturated heterocycles. The van der Waals surface area contributed by atoms with Gasteiger partial charge in [0, 0.05) is 17.3 Å². The van der Waals surface area contributed by atoms with Crippen molar-refractivity contribution in [3.05, 3.63) is 71.8 Å². The highest BCUT2D eigenvalue weighted by atomic mass is 127. The summed E-state index contributed by atoms with van der Waals surface area (Å²) in [5.41, 5.74) is 1.02. The summed E-state index contributed by atoms with van der Waals surface area (Å²) in [5.74, 6) is 0. The predicted molar refractivity (Wildman–Crippen MR) is 99.0 cm³/mol. The van der Waals surface area contributed by atoms with E-state index in [0.29, 0.717) is 17.3 Å². The summed E-state index contributed by atoms with van der Waals surface area (Å²) in [6.07, 6.45) is -0.853. The second-order valence-corrected chi connectivity index (χ2v) is 6.78. The van der Waals surface area contributed by atoms with E-state index < -0.39 is 17.9 Å². The number of aliphatic hydroxyl groups is 1. The number of carbonyl (C=O) groups excluding carboxylic acids is 1. The molecule has 1 heterocycles. The molecule has 1 fully saturated rings. The monoisotopic (exact) mass is 438 g/mol. The Labute approximate surface area is 154 Å². The van der Waals surface area contributed by atoms with Crippen LogP contribution >= 0.6 is 22.6 Å². The van der Waals surface area contributed by atoms with Crippen molar-refractivity contribution in [3.8, 4) is 0 Å². The number of benzene rings is 2. The Bertz CT molecular complexity index is 672. The molecule has 0 spiro atoms. The van der Waals surface area contributed by atoms with Gasteiger partial charge in [-0.15, -0.1) is 0 Å². The fourth-order valence-corrected chi connectivity index (χ4v) is 3.78. The largest absolute Gasteiger partial charge is 0.509 e. The molecule has 24 heavy (non-hydrogen) atoms. The molecular weight excluding hydrogens is 419 g/mol. The molecule has 1 aliphatic rings. The number of cyclic esters (lactones) is 2. The van der Waals surface area contributed by atoms with Crippen LogP contribution in [0.15, 0.2) is 60.7 Å². The number of aliphatic hydroxyl groups excluding tert-OH is 1. The minimum atomic E-state index is -0.744. The van der Waals surface area contributed by atoms with E-state index in [1.807, 2.05) is 60.7 Å². The van der Waals surface area contributed by atoms with Crippen LogP contribution in [0.3, 0.4) is 0 Å². The van der Waals surface area contributed by atoms with E-state index >= 15 is 0 Å². The van der Waals surface area contributed by atoms with Crippen LogP contribution in [0.1, 0.15) is 36.2 Å². The van der Waals surface area contributed by atoms with Crippen LogP contribution in [0.2, 0.25) is 0 Å². The number of carbonyl (C=O) groups is 1. The Balaban J connectivity index is 1.81. The van der Waals surface area contributed by atoms with Crippen molar-refractivity contribution < 1.29 is 19.4 Å². The summed E-state index contributed by atoms with van der Waals surface area (Å²) < 4.78 is 11.5. The van der Waals surface area contributed by atoms with E-state index in [1.54, 1.807) is 0 Å². The predicted octanol–water partition coefficient (Wildman–Crippen LogP) is 4.58. The highest BCUT2D eigenvalue weighted by molar-refractivity contribution is 14.1. The molecular formula is C19H19IO4. The fourth-order valence-electron chi connectivity index (χ4n) is 3.00. The van der Waals surface area contributed by atoms with Gasteiger partial charge in [0.1, 0.15) is 11.7 Å². The zero-order valence-electron chi connectivity index (χ0n) is 13.1. The van der Waals surface area contributed by atoms with Crippen LogP contribution in [-0.4, -0.2) is 21.3 Å². The van der Waals surface area contributed by atoms with Crippen LogP contribution < -0.4 is 0 Å². The lowest BCUT2D eigenvalue weighted by Crippen LogP contribution is -2.45. The van der Waals surface area contributed by atoms with E-state index in [4.69, 9.17) is 9.47 Å². The standard InChI is InChI=1S/C19H19IO4/c20-13-19(11-16(21)14-7-3-1-4-8-14)12-17(23-18(22)24-19)15-9-5-2-6-10-15/h1-10,16-17,21H,11-13H2/t16-,17-,19?/m1/s1. The first-order valence-corrected chi connectivity index (χ1v) is 9.38. The van der Waals surface area contributed by atoms with Crippen molar-refractivity contribution >= 4 is 28.7 Å². The molecule has 1 N–H and O–H groups in total. The van der Waals surface area contributed by atoms with Crippen molar-refractivity contribution in [2.75, 3.05) is 4.43 Å². The van der Waals surface area contributed by atoms with E-state index in [0.717, 1.165) is 11.1 Å². The molecule has 0 aliphatic carbocycles. The van der Waals surface area contributed by atoms with Crippen LogP contribution in [0, 0.1) is 0 Å². The summed E-state index contributed by atoms with van der Waals surface area (Å²) >= 11 is 2.21. The molecule has 0 radical (unpaired) electrons. The Kier molecular flexibility index (Phi) is 5.40. The van der Waals surface area contributed by atoms with Crippen molar-refractivity contribution in [1.82, 2.24) is 0 Å². The summed E-state index contributed by atoms with van der Waals surface area (Å²) in [4.78, 5) is 12.0.